The lowest BCUT2D eigenvalue weighted by molar-refractivity contribution is -0.121. The normalized spacial score (nSPS) is 17.3. The maximum Gasteiger partial charge on any atom is 0.415 e. The number of hydrogen-bond donors (Lipinski definition) is 1. The summed E-state index contributed by atoms with van der Waals surface area (Å²) in [7, 11) is 0. The van der Waals surface area contributed by atoms with Crippen LogP contribution in [0.2, 0.25) is 0 Å². The minimum Gasteiger partial charge on any atom is -0.410 e. The Morgan fingerprint density at radius 3 is 2.47 bits per heavy atom. The second-order valence-corrected chi connectivity index (χ2v) is 9.19. The van der Waals surface area contributed by atoms with Gasteiger partial charge in [-0.1, -0.05) is 18.2 Å². The summed E-state index contributed by atoms with van der Waals surface area (Å²) in [6.07, 6.45) is 4.35. The first-order valence-electron chi connectivity index (χ1n) is 11.3. The van der Waals surface area contributed by atoms with E-state index in [1.807, 2.05) is 6.07 Å². The van der Waals surface area contributed by atoms with E-state index in [1.165, 1.54) is 21.1 Å². The number of ether oxygens (including phenoxy) is 1. The lowest BCUT2D eigenvalue weighted by atomic mass is 10.1. The highest BCUT2D eigenvalue weighted by Crippen LogP contribution is 2.32. The van der Waals surface area contributed by atoms with E-state index >= 15 is 0 Å². The topological polar surface area (TPSA) is 91.8 Å². The highest BCUT2D eigenvalue weighted by atomic mass is 32.1. The zero-order valence-corrected chi connectivity index (χ0v) is 19.2. The van der Waals surface area contributed by atoms with Crippen LogP contribution in [0.15, 0.2) is 66.2 Å². The molecule has 0 radical (unpaired) electrons. The highest BCUT2D eigenvalue weighted by molar-refractivity contribution is 7.13. The smallest absolute Gasteiger partial charge is 0.410 e. The molecule has 8 nitrogen and oxygen atoms in total. The molecular weight excluding hydrogens is 452 g/mol. The number of hydrogen-bond acceptors (Lipinski definition) is 6. The lowest BCUT2D eigenvalue weighted by Crippen LogP contribution is -2.47. The van der Waals surface area contributed by atoms with Crippen LogP contribution in [0.25, 0.3) is 0 Å². The van der Waals surface area contributed by atoms with Gasteiger partial charge in [0.05, 0.1) is 5.69 Å². The molecule has 1 saturated carbocycles. The SMILES string of the molecule is O=C(NC1CC1)c1ccc(N(C(=O)C2CCCN2C(=O)Oc2ccccc2)c2nccs2)cc1. The van der Waals surface area contributed by atoms with Crippen molar-refractivity contribution in [1.29, 1.82) is 0 Å². The van der Waals surface area contributed by atoms with Crippen LogP contribution in [0.4, 0.5) is 15.6 Å². The summed E-state index contributed by atoms with van der Waals surface area (Å²) >= 11 is 1.33. The van der Waals surface area contributed by atoms with E-state index in [0.29, 0.717) is 41.5 Å². The van der Waals surface area contributed by atoms with Gasteiger partial charge in [-0.2, -0.15) is 0 Å². The van der Waals surface area contributed by atoms with Crippen molar-refractivity contribution in [3.8, 4) is 5.75 Å². The molecule has 1 saturated heterocycles. The second kappa shape index (κ2) is 9.64. The molecule has 3 amide bonds. The van der Waals surface area contributed by atoms with E-state index in [0.717, 1.165) is 12.8 Å². The fourth-order valence-electron chi connectivity index (χ4n) is 3.96. The van der Waals surface area contributed by atoms with Crippen LogP contribution >= 0.6 is 11.3 Å². The molecule has 5 rings (SSSR count). The van der Waals surface area contributed by atoms with E-state index in [-0.39, 0.29) is 17.9 Å². The molecule has 2 fully saturated rings. The van der Waals surface area contributed by atoms with Gasteiger partial charge in [-0.05, 0) is 62.1 Å². The Labute approximate surface area is 201 Å². The third-order valence-corrected chi connectivity index (χ3v) is 6.61. The van der Waals surface area contributed by atoms with E-state index in [2.05, 4.69) is 10.3 Å². The van der Waals surface area contributed by atoms with E-state index in [1.54, 1.807) is 60.1 Å². The fraction of sp³-hybridized carbons (Fsp3) is 0.280. The van der Waals surface area contributed by atoms with Gasteiger partial charge in [0.1, 0.15) is 11.8 Å². The zero-order valence-electron chi connectivity index (χ0n) is 18.4. The molecule has 1 aromatic heterocycles. The summed E-state index contributed by atoms with van der Waals surface area (Å²) in [5.41, 5.74) is 1.13. The van der Waals surface area contributed by atoms with Crippen molar-refractivity contribution in [3.05, 3.63) is 71.7 Å². The lowest BCUT2D eigenvalue weighted by Gasteiger charge is -2.28. The number of nitrogens with zero attached hydrogens (tertiary/aromatic N) is 3. The zero-order chi connectivity index (χ0) is 23.5. The first kappa shape index (κ1) is 22.1. The maximum absolute atomic E-state index is 13.7. The van der Waals surface area contributed by atoms with Gasteiger partial charge < -0.3 is 10.1 Å². The number of nitrogens with one attached hydrogen (secondary N) is 1. The minimum atomic E-state index is -0.669. The Balaban J connectivity index is 1.37. The average molecular weight is 477 g/mol. The second-order valence-electron chi connectivity index (χ2n) is 8.32. The molecule has 34 heavy (non-hydrogen) atoms. The standard InChI is InChI=1S/C25H24N4O4S/c30-22(27-18-10-11-18)17-8-12-19(13-9-17)29(24-26-14-16-34-24)23(31)21-7-4-15-28(21)25(32)33-20-5-2-1-3-6-20/h1-3,5-6,8-9,12-14,16,18,21H,4,7,10-11,15H2,(H,27,30). The van der Waals surface area contributed by atoms with Crippen molar-refractivity contribution in [1.82, 2.24) is 15.2 Å². The number of benzene rings is 2. The predicted molar refractivity (Wildman–Crippen MR) is 128 cm³/mol. The van der Waals surface area contributed by atoms with Crippen molar-refractivity contribution in [3.63, 3.8) is 0 Å². The van der Waals surface area contributed by atoms with Crippen LogP contribution in [-0.2, 0) is 4.79 Å². The molecule has 1 unspecified atom stereocenters. The molecule has 0 spiro atoms. The third-order valence-electron chi connectivity index (χ3n) is 5.85. The predicted octanol–water partition coefficient (Wildman–Crippen LogP) is 4.36. The fourth-order valence-corrected chi connectivity index (χ4v) is 4.62. The van der Waals surface area contributed by atoms with Gasteiger partial charge in [-0.15, -0.1) is 11.3 Å². The Morgan fingerprint density at radius 2 is 1.79 bits per heavy atom. The minimum absolute atomic E-state index is 0.119. The first-order valence-corrected chi connectivity index (χ1v) is 12.2. The van der Waals surface area contributed by atoms with Gasteiger partial charge in [0.2, 0.25) is 0 Å². The molecule has 1 aliphatic carbocycles. The third kappa shape index (κ3) is 4.79. The molecular formula is C25H24N4O4S. The molecule has 1 N–H and O–H groups in total. The van der Waals surface area contributed by atoms with E-state index in [4.69, 9.17) is 4.74 Å². The summed E-state index contributed by atoms with van der Waals surface area (Å²) in [5, 5.41) is 5.26. The van der Waals surface area contributed by atoms with Crippen LogP contribution in [0.5, 0.6) is 5.75 Å². The summed E-state index contributed by atoms with van der Waals surface area (Å²) < 4.78 is 5.49. The maximum atomic E-state index is 13.7. The Kier molecular flexibility index (Phi) is 6.27. The Morgan fingerprint density at radius 1 is 1.03 bits per heavy atom. The number of para-hydroxylation sites is 1. The van der Waals surface area contributed by atoms with E-state index in [9.17, 15) is 14.4 Å². The number of likely N-dealkylation sites (tertiary alicyclic amines) is 1. The molecule has 2 heterocycles. The number of aromatic nitrogens is 1. The number of thiazole rings is 1. The van der Waals surface area contributed by atoms with Gasteiger partial charge in [0.25, 0.3) is 11.8 Å². The summed E-state index contributed by atoms with van der Waals surface area (Å²) in [6, 6.07) is 15.3. The molecule has 9 heteroatoms. The van der Waals surface area contributed by atoms with Gasteiger partial charge in [-0.25, -0.2) is 9.78 Å². The van der Waals surface area contributed by atoms with Crippen molar-refractivity contribution in [2.45, 2.75) is 37.8 Å². The van der Waals surface area contributed by atoms with Crippen molar-refractivity contribution < 1.29 is 19.1 Å². The molecule has 2 aliphatic rings. The van der Waals surface area contributed by atoms with Gasteiger partial charge in [0, 0.05) is 29.7 Å². The number of amides is 3. The molecule has 0 bridgehead atoms. The molecule has 3 aromatic rings. The van der Waals surface area contributed by atoms with Gasteiger partial charge in [0.15, 0.2) is 5.13 Å². The largest absolute Gasteiger partial charge is 0.415 e. The van der Waals surface area contributed by atoms with Crippen molar-refractivity contribution in [2.75, 3.05) is 11.4 Å². The Bertz CT molecular complexity index is 1160. The van der Waals surface area contributed by atoms with E-state index < -0.39 is 12.1 Å². The highest BCUT2D eigenvalue weighted by Gasteiger charge is 2.39. The quantitative estimate of drug-likeness (QED) is 0.571. The van der Waals surface area contributed by atoms with Crippen LogP contribution in [0.1, 0.15) is 36.0 Å². The van der Waals surface area contributed by atoms with Crippen LogP contribution in [0.3, 0.4) is 0 Å². The Hall–Kier alpha value is -3.72. The molecule has 2 aromatic carbocycles. The number of anilines is 2. The average Bonchev–Trinajstić information content (AvgIpc) is 3.30. The summed E-state index contributed by atoms with van der Waals surface area (Å²) in [6.45, 7) is 0.439. The molecule has 1 aliphatic heterocycles. The van der Waals surface area contributed by atoms with Crippen LogP contribution in [-0.4, -0.2) is 46.4 Å². The summed E-state index contributed by atoms with van der Waals surface area (Å²) in [5.74, 6) is 0.0573. The van der Waals surface area contributed by atoms with Gasteiger partial charge in [-0.3, -0.25) is 19.4 Å². The summed E-state index contributed by atoms with van der Waals surface area (Å²) in [4.78, 5) is 46.3. The van der Waals surface area contributed by atoms with Crippen molar-refractivity contribution in [2.24, 2.45) is 0 Å². The van der Waals surface area contributed by atoms with Crippen LogP contribution < -0.4 is 15.0 Å². The first-order chi connectivity index (χ1) is 16.6. The monoisotopic (exact) mass is 476 g/mol. The van der Waals surface area contributed by atoms with Gasteiger partial charge >= 0.3 is 6.09 Å². The van der Waals surface area contributed by atoms with Crippen molar-refractivity contribution >= 4 is 40.1 Å². The number of carbonyl (C=O) groups excluding carboxylic acids is 3. The molecule has 174 valence electrons. The number of carbonyl (C=O) groups is 3. The number of rotatable bonds is 6. The molecule has 1 atom stereocenters. The van der Waals surface area contributed by atoms with Crippen LogP contribution in [0, 0.1) is 0 Å².